The van der Waals surface area contributed by atoms with Gasteiger partial charge in [-0.05, 0) is 24.7 Å². The number of rotatable bonds is 2. The first-order chi connectivity index (χ1) is 4.86. The summed E-state index contributed by atoms with van der Waals surface area (Å²) in [5, 5.41) is 1.23. The summed E-state index contributed by atoms with van der Waals surface area (Å²) in [6, 6.07) is 0. The Kier molecular flexibility index (Phi) is 3.83. The van der Waals surface area contributed by atoms with Crippen LogP contribution in [0, 0.1) is 11.8 Å². The number of halogens is 1. The summed E-state index contributed by atoms with van der Waals surface area (Å²) in [7, 11) is 2.32. The van der Waals surface area contributed by atoms with Crippen molar-refractivity contribution in [2.45, 2.75) is 32.0 Å². The third kappa shape index (κ3) is 2.30. The molecule has 0 spiro atoms. The molecule has 0 bridgehead atoms. The predicted molar refractivity (Wildman–Crippen MR) is 52.6 cm³/mol. The van der Waals surface area contributed by atoms with E-state index in [0.717, 1.165) is 11.8 Å². The maximum absolute atomic E-state index is 3.55. The Morgan fingerprint density at radius 2 is 1.60 bits per heavy atom. The third-order valence-electron chi connectivity index (χ3n) is 2.76. The van der Waals surface area contributed by atoms with E-state index in [-0.39, 0.29) is 0 Å². The summed E-state index contributed by atoms with van der Waals surface area (Å²) in [5.74, 6) is 2.04. The second-order valence-corrected chi connectivity index (χ2v) is 4.10. The van der Waals surface area contributed by atoms with Crippen molar-refractivity contribution in [3.63, 3.8) is 0 Å². The number of alkyl halides is 1. The van der Waals surface area contributed by atoms with E-state index in [2.05, 4.69) is 23.8 Å². The van der Waals surface area contributed by atoms with Gasteiger partial charge in [-0.1, -0.05) is 35.1 Å². The molecule has 1 aliphatic rings. The van der Waals surface area contributed by atoms with Gasteiger partial charge in [0.25, 0.3) is 0 Å². The van der Waals surface area contributed by atoms with Gasteiger partial charge in [-0.3, -0.25) is 0 Å². The molecule has 58 valence electrons. The highest BCUT2D eigenvalue weighted by Crippen LogP contribution is 2.30. The Morgan fingerprint density at radius 3 is 2.00 bits per heavy atom. The van der Waals surface area contributed by atoms with E-state index in [1.54, 1.807) is 0 Å². The van der Waals surface area contributed by atoms with Crippen LogP contribution in [0.4, 0.5) is 0 Å². The lowest BCUT2D eigenvalue weighted by molar-refractivity contribution is 0.313. The molecular formula is C8H16BBr. The van der Waals surface area contributed by atoms with E-state index < -0.39 is 0 Å². The van der Waals surface area contributed by atoms with Crippen LogP contribution in [0.3, 0.4) is 0 Å². The Balaban J connectivity index is 2.17. The molecule has 0 unspecified atom stereocenters. The topological polar surface area (TPSA) is 0 Å². The Bertz CT molecular complexity index is 75.3. The molecule has 0 heterocycles. The first kappa shape index (κ1) is 8.64. The van der Waals surface area contributed by atoms with Crippen LogP contribution in [-0.4, -0.2) is 13.2 Å². The second-order valence-electron chi connectivity index (χ2n) is 3.45. The lowest BCUT2D eigenvalue weighted by atomic mass is 9.77. The lowest BCUT2D eigenvalue weighted by Crippen LogP contribution is -2.14. The minimum absolute atomic E-state index is 0.989. The van der Waals surface area contributed by atoms with Crippen molar-refractivity contribution < 1.29 is 0 Å². The number of hydrogen-bond donors (Lipinski definition) is 0. The van der Waals surface area contributed by atoms with Gasteiger partial charge in [0.15, 0.2) is 0 Å². The molecular weight excluding hydrogens is 187 g/mol. The zero-order valence-corrected chi connectivity index (χ0v) is 8.36. The van der Waals surface area contributed by atoms with E-state index >= 15 is 0 Å². The molecule has 1 saturated carbocycles. The molecule has 10 heavy (non-hydrogen) atoms. The van der Waals surface area contributed by atoms with Gasteiger partial charge in [0.05, 0.1) is 0 Å². The lowest BCUT2D eigenvalue weighted by Gasteiger charge is -2.26. The van der Waals surface area contributed by atoms with Gasteiger partial charge < -0.3 is 0 Å². The number of hydrogen-bond acceptors (Lipinski definition) is 0. The fourth-order valence-electron chi connectivity index (χ4n) is 1.79. The molecule has 0 aromatic heterocycles. The summed E-state index contributed by atoms with van der Waals surface area (Å²) >= 11 is 3.55. The van der Waals surface area contributed by atoms with Crippen molar-refractivity contribution in [2.75, 3.05) is 5.33 Å². The quantitative estimate of drug-likeness (QED) is 0.476. The molecule has 1 fully saturated rings. The summed E-state index contributed by atoms with van der Waals surface area (Å²) in [5.41, 5.74) is 0. The van der Waals surface area contributed by atoms with Crippen LogP contribution >= 0.6 is 15.9 Å². The van der Waals surface area contributed by atoms with Crippen LogP contribution in [0.2, 0.25) is 6.32 Å². The molecule has 1 aliphatic carbocycles. The van der Waals surface area contributed by atoms with Gasteiger partial charge in [-0.25, -0.2) is 0 Å². The van der Waals surface area contributed by atoms with Crippen LogP contribution in [0.5, 0.6) is 0 Å². The molecule has 2 heteroatoms. The van der Waals surface area contributed by atoms with Crippen molar-refractivity contribution >= 4 is 23.8 Å². The second kappa shape index (κ2) is 4.43. The van der Waals surface area contributed by atoms with E-state index in [1.807, 2.05) is 0 Å². The summed E-state index contributed by atoms with van der Waals surface area (Å²) in [6.45, 7) is 0. The van der Waals surface area contributed by atoms with Crippen molar-refractivity contribution in [2.24, 2.45) is 11.8 Å². The zero-order valence-electron chi connectivity index (χ0n) is 6.78. The molecule has 0 radical (unpaired) electrons. The van der Waals surface area contributed by atoms with E-state index in [1.165, 1.54) is 37.3 Å². The molecule has 1 rings (SSSR count). The Labute approximate surface area is 73.3 Å². The molecule has 0 N–H and O–H groups in total. The van der Waals surface area contributed by atoms with E-state index in [0.29, 0.717) is 0 Å². The minimum Gasteiger partial charge on any atom is -0.0925 e. The Hall–Kier alpha value is 0.545. The third-order valence-corrected chi connectivity index (χ3v) is 3.68. The van der Waals surface area contributed by atoms with Crippen molar-refractivity contribution in [1.82, 2.24) is 0 Å². The van der Waals surface area contributed by atoms with Gasteiger partial charge in [0.1, 0.15) is 7.85 Å². The molecule has 0 aromatic carbocycles. The van der Waals surface area contributed by atoms with E-state index in [4.69, 9.17) is 0 Å². The summed E-state index contributed by atoms with van der Waals surface area (Å²) in [6.07, 6.45) is 7.28. The average Bonchev–Trinajstić information content (AvgIpc) is 2.05. The summed E-state index contributed by atoms with van der Waals surface area (Å²) in [4.78, 5) is 0. The monoisotopic (exact) mass is 202 g/mol. The maximum atomic E-state index is 3.55. The van der Waals surface area contributed by atoms with Crippen LogP contribution in [-0.2, 0) is 0 Å². The highest BCUT2D eigenvalue weighted by Gasteiger charge is 2.18. The van der Waals surface area contributed by atoms with E-state index in [9.17, 15) is 0 Å². The van der Waals surface area contributed by atoms with Crippen LogP contribution in [0.25, 0.3) is 0 Å². The van der Waals surface area contributed by atoms with Crippen molar-refractivity contribution in [1.29, 1.82) is 0 Å². The van der Waals surface area contributed by atoms with Gasteiger partial charge in [0.2, 0.25) is 0 Å². The first-order valence-electron chi connectivity index (χ1n) is 4.42. The average molecular weight is 203 g/mol. The fraction of sp³-hybridized carbons (Fsp3) is 1.00. The predicted octanol–water partition coefficient (Wildman–Crippen LogP) is 2.24. The SMILES string of the molecule is BCC1CCC(CBr)CC1. The van der Waals surface area contributed by atoms with Crippen molar-refractivity contribution in [3.8, 4) is 0 Å². The van der Waals surface area contributed by atoms with Gasteiger partial charge in [-0.2, -0.15) is 0 Å². The normalized spacial score (nSPS) is 34.1. The zero-order chi connectivity index (χ0) is 7.40. The molecule has 0 atom stereocenters. The van der Waals surface area contributed by atoms with Crippen LogP contribution in [0.15, 0.2) is 0 Å². The van der Waals surface area contributed by atoms with Gasteiger partial charge in [-0.15, -0.1) is 0 Å². The van der Waals surface area contributed by atoms with Crippen LogP contribution in [0.1, 0.15) is 25.7 Å². The highest BCUT2D eigenvalue weighted by atomic mass is 79.9. The fourth-order valence-corrected chi connectivity index (χ4v) is 2.44. The largest absolute Gasteiger partial charge is 0.101 e. The molecule has 0 aromatic rings. The molecule has 0 aliphatic heterocycles. The maximum Gasteiger partial charge on any atom is 0.101 e. The molecule has 0 amide bonds. The smallest absolute Gasteiger partial charge is 0.0925 e. The molecule has 0 nitrogen and oxygen atoms in total. The Morgan fingerprint density at radius 1 is 1.10 bits per heavy atom. The van der Waals surface area contributed by atoms with Gasteiger partial charge in [0, 0.05) is 5.33 Å². The standard InChI is InChI=1S/C8H16BBr/c9-5-7-1-3-8(6-10)4-2-7/h7-8H,1-6,9H2. The summed E-state index contributed by atoms with van der Waals surface area (Å²) < 4.78 is 0. The van der Waals surface area contributed by atoms with Crippen molar-refractivity contribution in [3.05, 3.63) is 0 Å². The van der Waals surface area contributed by atoms with Crippen LogP contribution < -0.4 is 0 Å². The molecule has 0 saturated heterocycles. The minimum atomic E-state index is 0.989. The first-order valence-corrected chi connectivity index (χ1v) is 5.55. The van der Waals surface area contributed by atoms with Gasteiger partial charge >= 0.3 is 0 Å². The highest BCUT2D eigenvalue weighted by molar-refractivity contribution is 9.09.